The molecule has 1 aliphatic carbocycles. The number of anilines is 1. The molecule has 0 bridgehead atoms. The predicted octanol–water partition coefficient (Wildman–Crippen LogP) is 1.90. The monoisotopic (exact) mass is 443 g/mol. The molecule has 2 aromatic rings. The van der Waals surface area contributed by atoms with E-state index in [4.69, 9.17) is 12.2 Å². The maximum Gasteiger partial charge on any atom is 0.225 e. The summed E-state index contributed by atoms with van der Waals surface area (Å²) in [5.74, 6) is -0.680. The Morgan fingerprint density at radius 3 is 2.73 bits per heavy atom. The molecule has 2 aromatic carbocycles. The molecule has 8 heteroatoms. The molecule has 1 saturated heterocycles. The van der Waals surface area contributed by atoms with E-state index >= 15 is 0 Å². The molecule has 2 fully saturated rings. The first-order valence-corrected chi connectivity index (χ1v) is 11.5. The van der Waals surface area contributed by atoms with Crippen molar-refractivity contribution < 1.29 is 15.0 Å². The van der Waals surface area contributed by atoms with Gasteiger partial charge in [-0.05, 0) is 48.7 Å². The summed E-state index contributed by atoms with van der Waals surface area (Å²) in [5.41, 5.74) is 1.87. The highest BCUT2D eigenvalue weighted by Crippen LogP contribution is 2.37. The Morgan fingerprint density at radius 1 is 1.23 bits per heavy atom. The molecule has 158 valence electrons. The number of aliphatic hydroxyl groups is 2. The van der Waals surface area contributed by atoms with Crippen LogP contribution in [0.25, 0.3) is 0 Å². The van der Waals surface area contributed by atoms with E-state index in [0.717, 1.165) is 16.1 Å². The number of thiocarbonyl (C=S) groups is 1. The third-order valence-corrected chi connectivity index (χ3v) is 6.86. The van der Waals surface area contributed by atoms with Crippen molar-refractivity contribution in [3.05, 3.63) is 60.2 Å². The van der Waals surface area contributed by atoms with Crippen LogP contribution in [0, 0.1) is 5.92 Å². The highest BCUT2D eigenvalue weighted by Gasteiger charge is 2.53. The van der Waals surface area contributed by atoms with Crippen LogP contribution in [0.15, 0.2) is 59.5 Å². The van der Waals surface area contributed by atoms with Crippen LogP contribution < -0.4 is 15.5 Å². The Balaban J connectivity index is 1.61. The first-order valence-electron chi connectivity index (χ1n) is 9.91. The second kappa shape index (κ2) is 8.93. The van der Waals surface area contributed by atoms with E-state index in [-0.39, 0.29) is 18.4 Å². The molecule has 30 heavy (non-hydrogen) atoms. The number of carbonyl (C=O) groups excluding carboxylic acids is 1. The van der Waals surface area contributed by atoms with Gasteiger partial charge in [0.2, 0.25) is 5.91 Å². The second-order valence-corrected chi connectivity index (χ2v) is 8.91. The van der Waals surface area contributed by atoms with Gasteiger partial charge >= 0.3 is 0 Å². The zero-order chi connectivity index (χ0) is 21.3. The Labute approximate surface area is 185 Å². The number of nitrogens with one attached hydrogen (secondary N) is 2. The lowest BCUT2D eigenvalue weighted by Crippen LogP contribution is -2.60. The normalized spacial score (nSPS) is 28.0. The summed E-state index contributed by atoms with van der Waals surface area (Å²) in [6.45, 7) is 0.409. The van der Waals surface area contributed by atoms with Crippen LogP contribution in [-0.4, -0.2) is 51.8 Å². The molecule has 6 nitrogen and oxygen atoms in total. The minimum atomic E-state index is -1.00. The van der Waals surface area contributed by atoms with Crippen LogP contribution in [0.3, 0.4) is 0 Å². The molecule has 1 amide bonds. The van der Waals surface area contributed by atoms with Crippen molar-refractivity contribution in [1.29, 1.82) is 0 Å². The van der Waals surface area contributed by atoms with Gasteiger partial charge in [-0.25, -0.2) is 0 Å². The van der Waals surface area contributed by atoms with Gasteiger partial charge in [-0.3, -0.25) is 4.79 Å². The van der Waals surface area contributed by atoms with Crippen molar-refractivity contribution in [3.8, 4) is 0 Å². The van der Waals surface area contributed by atoms with Gasteiger partial charge in [-0.1, -0.05) is 36.4 Å². The van der Waals surface area contributed by atoms with Crippen LogP contribution in [0.1, 0.15) is 12.0 Å². The number of rotatable bonds is 5. The minimum Gasteiger partial charge on any atom is -0.390 e. The van der Waals surface area contributed by atoms with Gasteiger partial charge in [0.05, 0.1) is 24.1 Å². The first kappa shape index (κ1) is 21.1. The predicted molar refractivity (Wildman–Crippen MR) is 122 cm³/mol. The number of thioether (sulfide) groups is 1. The van der Waals surface area contributed by atoms with Gasteiger partial charge in [0.25, 0.3) is 0 Å². The number of nitrogens with zero attached hydrogens (tertiary/aromatic N) is 1. The molecule has 0 aromatic heterocycles. The molecular formula is C22H25N3O3S2. The number of benzene rings is 2. The van der Waals surface area contributed by atoms with Gasteiger partial charge in [0.1, 0.15) is 6.10 Å². The Kier molecular flexibility index (Phi) is 6.29. The number of hydrogen-bond acceptors (Lipinski definition) is 5. The zero-order valence-corrected chi connectivity index (χ0v) is 18.2. The van der Waals surface area contributed by atoms with Gasteiger partial charge in [-0.2, -0.15) is 0 Å². The molecule has 4 rings (SSSR count). The second-order valence-electron chi connectivity index (χ2n) is 7.64. The molecule has 5 atom stereocenters. The standard InChI is InChI=1S/C22H25N3O3S2/c1-30-15-9-5-8-14(10-15)25-19-16(11-17(26)20(27)18(19)24-22(25)29)21(28)23-12-13-6-3-2-4-7-13/h2-10,16-20,26-27H,11-12H2,1H3,(H,23,28)(H,24,29)/t16-,17-,18-,19+,20+/m1/s1. The largest absolute Gasteiger partial charge is 0.390 e. The van der Waals surface area contributed by atoms with E-state index in [1.54, 1.807) is 11.8 Å². The lowest BCUT2D eigenvalue weighted by Gasteiger charge is -2.41. The van der Waals surface area contributed by atoms with Crippen molar-refractivity contribution in [2.75, 3.05) is 11.2 Å². The van der Waals surface area contributed by atoms with Gasteiger partial charge in [0, 0.05) is 17.1 Å². The molecule has 1 heterocycles. The number of carbonyl (C=O) groups is 1. The molecular weight excluding hydrogens is 418 g/mol. The summed E-state index contributed by atoms with van der Waals surface area (Å²) in [5, 5.41) is 27.6. The SMILES string of the molecule is CSc1cccc(N2C(=S)N[C@H]3[C@@H](O)[C@H](O)C[C@@H](C(=O)NCc4ccccc4)[C@@H]32)c1. The quantitative estimate of drug-likeness (QED) is 0.415. The summed E-state index contributed by atoms with van der Waals surface area (Å²) < 4.78 is 0. The van der Waals surface area contributed by atoms with Crippen molar-refractivity contribution in [2.24, 2.45) is 5.92 Å². The highest BCUT2D eigenvalue weighted by atomic mass is 32.2. The highest BCUT2D eigenvalue weighted by molar-refractivity contribution is 7.98. The van der Waals surface area contributed by atoms with E-state index in [2.05, 4.69) is 10.6 Å². The van der Waals surface area contributed by atoms with Gasteiger partial charge in [0.15, 0.2) is 5.11 Å². The van der Waals surface area contributed by atoms with E-state index in [9.17, 15) is 15.0 Å². The summed E-state index contributed by atoms with van der Waals surface area (Å²) in [6, 6.07) is 16.7. The van der Waals surface area contributed by atoms with Crippen LogP contribution in [0.4, 0.5) is 5.69 Å². The van der Waals surface area contributed by atoms with Crippen molar-refractivity contribution in [2.45, 2.75) is 42.2 Å². The first-order chi connectivity index (χ1) is 14.5. The Morgan fingerprint density at radius 2 is 2.00 bits per heavy atom. The van der Waals surface area contributed by atoms with E-state index in [0.29, 0.717) is 11.7 Å². The van der Waals surface area contributed by atoms with E-state index in [1.165, 1.54) is 0 Å². The summed E-state index contributed by atoms with van der Waals surface area (Å²) in [7, 11) is 0. The molecule has 1 aliphatic heterocycles. The molecule has 2 aliphatic rings. The van der Waals surface area contributed by atoms with E-state index in [1.807, 2.05) is 65.8 Å². The number of aliphatic hydroxyl groups excluding tert-OH is 2. The van der Waals surface area contributed by atoms with Crippen LogP contribution in [-0.2, 0) is 11.3 Å². The summed E-state index contributed by atoms with van der Waals surface area (Å²) in [4.78, 5) is 16.2. The minimum absolute atomic E-state index is 0.155. The maximum absolute atomic E-state index is 13.2. The molecule has 4 N–H and O–H groups in total. The zero-order valence-electron chi connectivity index (χ0n) is 16.6. The number of hydrogen-bond donors (Lipinski definition) is 4. The fraction of sp³-hybridized carbons (Fsp3) is 0.364. The van der Waals surface area contributed by atoms with Crippen LogP contribution in [0.2, 0.25) is 0 Å². The van der Waals surface area contributed by atoms with Gasteiger partial charge < -0.3 is 25.7 Å². The smallest absolute Gasteiger partial charge is 0.225 e. The number of amides is 1. The molecule has 0 unspecified atom stereocenters. The third kappa shape index (κ3) is 4.05. The maximum atomic E-state index is 13.2. The average Bonchev–Trinajstić information content (AvgIpc) is 3.12. The van der Waals surface area contributed by atoms with E-state index < -0.39 is 24.2 Å². The molecule has 1 saturated carbocycles. The average molecular weight is 444 g/mol. The summed E-state index contributed by atoms with van der Waals surface area (Å²) >= 11 is 7.20. The number of fused-ring (bicyclic) bond motifs is 1. The molecule has 0 radical (unpaired) electrons. The third-order valence-electron chi connectivity index (χ3n) is 5.82. The Bertz CT molecular complexity index is 927. The Hall–Kier alpha value is -2.13. The lowest BCUT2D eigenvalue weighted by atomic mass is 9.77. The van der Waals surface area contributed by atoms with Gasteiger partial charge in [-0.15, -0.1) is 11.8 Å². The van der Waals surface area contributed by atoms with Crippen LogP contribution >= 0.6 is 24.0 Å². The lowest BCUT2D eigenvalue weighted by molar-refractivity contribution is -0.131. The topological polar surface area (TPSA) is 84.8 Å². The van der Waals surface area contributed by atoms with Crippen LogP contribution in [0.5, 0.6) is 0 Å². The molecule has 0 spiro atoms. The van der Waals surface area contributed by atoms with Crippen molar-refractivity contribution >= 4 is 40.7 Å². The fourth-order valence-corrected chi connectivity index (χ4v) is 5.13. The summed E-state index contributed by atoms with van der Waals surface area (Å²) in [6.07, 6.45) is 0.181. The van der Waals surface area contributed by atoms with Crippen molar-refractivity contribution in [3.63, 3.8) is 0 Å². The fourth-order valence-electron chi connectivity index (χ4n) is 4.32. The van der Waals surface area contributed by atoms with Crippen molar-refractivity contribution in [1.82, 2.24) is 10.6 Å².